The van der Waals surface area contributed by atoms with E-state index in [0.29, 0.717) is 12.5 Å². The predicted octanol–water partition coefficient (Wildman–Crippen LogP) is 2.24. The summed E-state index contributed by atoms with van der Waals surface area (Å²) in [5, 5.41) is 0. The van der Waals surface area contributed by atoms with Crippen LogP contribution in [0.2, 0.25) is 0 Å². The van der Waals surface area contributed by atoms with Crippen LogP contribution in [0.25, 0.3) is 11.3 Å². The van der Waals surface area contributed by atoms with Crippen molar-refractivity contribution in [1.82, 2.24) is 9.97 Å². The molecular weight excluding hydrogens is 224 g/mol. The van der Waals surface area contributed by atoms with Gasteiger partial charge in [-0.3, -0.25) is 0 Å². The highest BCUT2D eigenvalue weighted by molar-refractivity contribution is 7.79. The summed E-state index contributed by atoms with van der Waals surface area (Å²) in [4.78, 5) is 7.39. The first-order valence-electron chi connectivity index (χ1n) is 4.91. The maximum Gasteiger partial charge on any atom is 0.231 e. The lowest BCUT2D eigenvalue weighted by Crippen LogP contribution is -1.92. The molecule has 16 heavy (non-hydrogen) atoms. The van der Waals surface area contributed by atoms with Gasteiger partial charge in [-0.05, 0) is 18.2 Å². The van der Waals surface area contributed by atoms with Gasteiger partial charge < -0.3 is 14.5 Å². The molecule has 82 valence electrons. The van der Waals surface area contributed by atoms with Crippen molar-refractivity contribution >= 4 is 12.6 Å². The van der Waals surface area contributed by atoms with E-state index < -0.39 is 0 Å². The molecule has 0 spiro atoms. The van der Waals surface area contributed by atoms with Crippen molar-refractivity contribution in [3.05, 3.63) is 30.2 Å². The van der Waals surface area contributed by atoms with E-state index in [1.54, 1.807) is 6.20 Å². The summed E-state index contributed by atoms with van der Waals surface area (Å²) in [6.45, 7) is 0.295. The molecule has 1 aromatic heterocycles. The summed E-state index contributed by atoms with van der Waals surface area (Å²) in [5.74, 6) is 3.03. The van der Waals surface area contributed by atoms with Gasteiger partial charge in [0.05, 0.1) is 11.9 Å². The summed E-state index contributed by atoms with van der Waals surface area (Å²) >= 11 is 4.16. The Balaban J connectivity index is 2.00. The van der Waals surface area contributed by atoms with E-state index in [4.69, 9.17) is 9.47 Å². The zero-order valence-corrected chi connectivity index (χ0v) is 9.33. The van der Waals surface area contributed by atoms with Crippen LogP contribution < -0.4 is 9.47 Å². The Morgan fingerprint density at radius 3 is 3.00 bits per heavy atom. The van der Waals surface area contributed by atoms with Gasteiger partial charge in [-0.1, -0.05) is 0 Å². The van der Waals surface area contributed by atoms with Crippen molar-refractivity contribution < 1.29 is 9.47 Å². The number of benzene rings is 1. The largest absolute Gasteiger partial charge is 0.454 e. The normalized spacial score (nSPS) is 13.1. The molecule has 0 amide bonds. The Hall–Kier alpha value is -1.62. The van der Waals surface area contributed by atoms with Crippen LogP contribution in [0.4, 0.5) is 0 Å². The van der Waals surface area contributed by atoms with Crippen molar-refractivity contribution in [3.8, 4) is 22.8 Å². The van der Waals surface area contributed by atoms with Crippen molar-refractivity contribution in [2.75, 3.05) is 6.79 Å². The minimum absolute atomic E-state index is 0.295. The summed E-state index contributed by atoms with van der Waals surface area (Å²) in [6.07, 6.45) is 1.79. The zero-order chi connectivity index (χ0) is 11.0. The summed E-state index contributed by atoms with van der Waals surface area (Å²) in [6, 6.07) is 5.82. The molecule has 5 heteroatoms. The lowest BCUT2D eigenvalue weighted by atomic mass is 10.1. The van der Waals surface area contributed by atoms with Crippen LogP contribution in [0.3, 0.4) is 0 Å². The number of nitrogens with zero attached hydrogens (tertiary/aromatic N) is 1. The van der Waals surface area contributed by atoms with E-state index in [1.807, 2.05) is 18.2 Å². The molecule has 0 atom stereocenters. The predicted molar refractivity (Wildman–Crippen MR) is 62.8 cm³/mol. The first-order chi connectivity index (χ1) is 7.86. The van der Waals surface area contributed by atoms with E-state index in [-0.39, 0.29) is 0 Å². The number of ether oxygens (including phenoxy) is 2. The molecule has 1 aliphatic rings. The average Bonchev–Trinajstić information content (AvgIpc) is 2.96. The molecule has 3 rings (SSSR count). The second-order valence-electron chi connectivity index (χ2n) is 3.47. The quantitative estimate of drug-likeness (QED) is 0.783. The van der Waals surface area contributed by atoms with Gasteiger partial charge in [0, 0.05) is 11.3 Å². The fourth-order valence-corrected chi connectivity index (χ4v) is 1.81. The van der Waals surface area contributed by atoms with Crippen LogP contribution in [0.5, 0.6) is 11.5 Å². The van der Waals surface area contributed by atoms with Crippen LogP contribution in [0.15, 0.2) is 24.4 Å². The van der Waals surface area contributed by atoms with E-state index in [9.17, 15) is 0 Å². The maximum atomic E-state index is 5.32. The SMILES string of the molecule is SCc1ncc(-c2ccc3c(c2)OCO3)[nH]1. The fourth-order valence-electron chi connectivity index (χ4n) is 1.65. The number of nitrogens with one attached hydrogen (secondary N) is 1. The molecule has 1 aliphatic heterocycles. The molecule has 2 aromatic rings. The molecular formula is C11H10N2O2S. The van der Waals surface area contributed by atoms with Crippen molar-refractivity contribution in [2.45, 2.75) is 5.75 Å². The van der Waals surface area contributed by atoms with E-state index in [0.717, 1.165) is 28.6 Å². The van der Waals surface area contributed by atoms with Gasteiger partial charge in [0.2, 0.25) is 6.79 Å². The van der Waals surface area contributed by atoms with E-state index in [1.165, 1.54) is 0 Å². The molecule has 1 N–H and O–H groups in total. The van der Waals surface area contributed by atoms with Gasteiger partial charge in [-0.25, -0.2) is 4.98 Å². The Bertz CT molecular complexity index is 524. The zero-order valence-electron chi connectivity index (χ0n) is 8.43. The fraction of sp³-hybridized carbons (Fsp3) is 0.182. The van der Waals surface area contributed by atoms with Crippen LogP contribution in [0.1, 0.15) is 5.82 Å². The van der Waals surface area contributed by atoms with Gasteiger partial charge in [-0.2, -0.15) is 12.6 Å². The van der Waals surface area contributed by atoms with Crippen LogP contribution in [-0.2, 0) is 5.75 Å². The molecule has 1 aromatic carbocycles. The first kappa shape index (κ1) is 9.59. The first-order valence-corrected chi connectivity index (χ1v) is 5.55. The van der Waals surface area contributed by atoms with Crippen molar-refractivity contribution in [2.24, 2.45) is 0 Å². The van der Waals surface area contributed by atoms with E-state index in [2.05, 4.69) is 22.6 Å². The second kappa shape index (κ2) is 3.75. The van der Waals surface area contributed by atoms with E-state index >= 15 is 0 Å². The molecule has 0 aliphatic carbocycles. The van der Waals surface area contributed by atoms with Crippen LogP contribution >= 0.6 is 12.6 Å². The lowest BCUT2D eigenvalue weighted by molar-refractivity contribution is 0.174. The Morgan fingerprint density at radius 1 is 1.31 bits per heavy atom. The lowest BCUT2D eigenvalue weighted by Gasteiger charge is -1.99. The minimum Gasteiger partial charge on any atom is -0.454 e. The van der Waals surface area contributed by atoms with Crippen molar-refractivity contribution in [3.63, 3.8) is 0 Å². The third-order valence-electron chi connectivity index (χ3n) is 2.46. The molecule has 0 saturated carbocycles. The van der Waals surface area contributed by atoms with Gasteiger partial charge in [0.15, 0.2) is 11.5 Å². The molecule has 0 unspecified atom stereocenters. The topological polar surface area (TPSA) is 47.1 Å². The number of imidazole rings is 1. The highest BCUT2D eigenvalue weighted by atomic mass is 32.1. The number of H-pyrrole nitrogens is 1. The molecule has 0 bridgehead atoms. The number of aromatic nitrogens is 2. The number of hydrogen-bond acceptors (Lipinski definition) is 4. The Labute approximate surface area is 98.0 Å². The minimum atomic E-state index is 0.295. The third-order valence-corrected chi connectivity index (χ3v) is 2.76. The maximum absolute atomic E-state index is 5.32. The molecule has 0 saturated heterocycles. The summed E-state index contributed by atoms with van der Waals surface area (Å²) < 4.78 is 10.6. The summed E-state index contributed by atoms with van der Waals surface area (Å²) in [7, 11) is 0. The number of thiol groups is 1. The van der Waals surface area contributed by atoms with Crippen LogP contribution in [0, 0.1) is 0 Å². The van der Waals surface area contributed by atoms with Gasteiger partial charge in [0.1, 0.15) is 5.82 Å². The van der Waals surface area contributed by atoms with Gasteiger partial charge >= 0.3 is 0 Å². The number of rotatable bonds is 2. The van der Waals surface area contributed by atoms with Crippen molar-refractivity contribution in [1.29, 1.82) is 0 Å². The van der Waals surface area contributed by atoms with Gasteiger partial charge in [-0.15, -0.1) is 0 Å². The average molecular weight is 234 g/mol. The standard InChI is InChI=1S/C11H10N2O2S/c16-5-11-12-4-8(13-11)7-1-2-9-10(3-7)15-6-14-9/h1-4,16H,5-6H2,(H,12,13). The second-order valence-corrected chi connectivity index (χ2v) is 3.79. The number of hydrogen-bond donors (Lipinski definition) is 2. The molecule has 0 radical (unpaired) electrons. The highest BCUT2D eigenvalue weighted by Crippen LogP contribution is 2.35. The van der Waals surface area contributed by atoms with Crippen LogP contribution in [-0.4, -0.2) is 16.8 Å². The van der Waals surface area contributed by atoms with Gasteiger partial charge in [0.25, 0.3) is 0 Å². The molecule has 4 nitrogen and oxygen atoms in total. The molecule has 0 fully saturated rings. The number of aromatic amines is 1. The third kappa shape index (κ3) is 1.53. The highest BCUT2D eigenvalue weighted by Gasteiger charge is 2.14. The Morgan fingerprint density at radius 2 is 2.19 bits per heavy atom. The number of fused-ring (bicyclic) bond motifs is 1. The monoisotopic (exact) mass is 234 g/mol. The Kier molecular flexibility index (Phi) is 2.25. The molecule has 2 heterocycles. The summed E-state index contributed by atoms with van der Waals surface area (Å²) in [5.41, 5.74) is 1.99. The smallest absolute Gasteiger partial charge is 0.231 e.